The van der Waals surface area contributed by atoms with Crippen LogP contribution in [0.15, 0.2) is 24.5 Å². The Labute approximate surface area is 99.6 Å². The van der Waals surface area contributed by atoms with Gasteiger partial charge in [0.15, 0.2) is 5.78 Å². The Morgan fingerprint density at radius 3 is 3.06 bits per heavy atom. The Kier molecular flexibility index (Phi) is 2.44. The molecule has 1 heterocycles. The summed E-state index contributed by atoms with van der Waals surface area (Å²) in [4.78, 5) is 16.1. The average molecular weight is 229 g/mol. The molecule has 0 saturated heterocycles. The van der Waals surface area contributed by atoms with E-state index in [0.717, 1.165) is 16.6 Å². The second-order valence-electron chi connectivity index (χ2n) is 4.54. The van der Waals surface area contributed by atoms with Crippen molar-refractivity contribution >= 4 is 16.8 Å². The number of hydrogen-bond acceptors (Lipinski definition) is 3. The summed E-state index contributed by atoms with van der Waals surface area (Å²) in [5.74, 6) is 0.107. The topological polar surface area (TPSA) is 46.9 Å². The number of Topliss-reactive ketones (excluding diaryl/α,β-unsaturated/α-hetero) is 1. The first kappa shape index (κ1) is 10.5. The van der Waals surface area contributed by atoms with E-state index >= 15 is 0 Å². The molecule has 0 radical (unpaired) electrons. The number of hydrogen-bond donors (Lipinski definition) is 1. The van der Waals surface area contributed by atoms with Crippen LogP contribution in [0.25, 0.3) is 11.0 Å². The number of carbonyl (C=O) groups excluding carboxylic acids is 1. The molecule has 3 rings (SSSR count). The Hall–Kier alpha value is -1.68. The molecule has 0 amide bonds. The van der Waals surface area contributed by atoms with Crippen LogP contribution in [0.5, 0.6) is 0 Å². The summed E-state index contributed by atoms with van der Waals surface area (Å²) in [5.41, 5.74) is 2.78. The van der Waals surface area contributed by atoms with Gasteiger partial charge in [-0.25, -0.2) is 4.98 Å². The van der Waals surface area contributed by atoms with E-state index in [0.29, 0.717) is 12.6 Å². The van der Waals surface area contributed by atoms with Gasteiger partial charge < -0.3 is 9.88 Å². The second-order valence-corrected chi connectivity index (χ2v) is 4.54. The lowest BCUT2D eigenvalue weighted by Gasteiger charge is -2.02. The Bertz CT molecular complexity index is 569. The minimum atomic E-state index is 0.107. The third kappa shape index (κ3) is 1.85. The fourth-order valence-corrected chi connectivity index (χ4v) is 2.11. The summed E-state index contributed by atoms with van der Waals surface area (Å²) < 4.78 is 2.21. The molecule has 4 heteroatoms. The van der Waals surface area contributed by atoms with Gasteiger partial charge in [-0.2, -0.15) is 0 Å². The number of fused-ring (bicyclic) bond motifs is 1. The molecule has 0 atom stereocenters. The van der Waals surface area contributed by atoms with Crippen LogP contribution in [0.4, 0.5) is 0 Å². The Morgan fingerprint density at radius 2 is 2.35 bits per heavy atom. The van der Waals surface area contributed by atoms with Crippen molar-refractivity contribution in [2.24, 2.45) is 0 Å². The van der Waals surface area contributed by atoms with Crippen molar-refractivity contribution in [1.82, 2.24) is 14.9 Å². The summed E-state index contributed by atoms with van der Waals surface area (Å²) in [7, 11) is 1.78. The van der Waals surface area contributed by atoms with Gasteiger partial charge in [-0.1, -0.05) is 0 Å². The Balaban J connectivity index is 1.99. The van der Waals surface area contributed by atoms with Gasteiger partial charge in [-0.15, -0.1) is 0 Å². The molecule has 4 nitrogen and oxygen atoms in total. The highest BCUT2D eigenvalue weighted by atomic mass is 16.1. The van der Waals surface area contributed by atoms with Crippen LogP contribution in [0, 0.1) is 0 Å². The number of ketones is 1. The van der Waals surface area contributed by atoms with Gasteiger partial charge in [0.25, 0.3) is 0 Å². The molecule has 1 aromatic carbocycles. The summed E-state index contributed by atoms with van der Waals surface area (Å²) in [5, 5.41) is 2.87. The Morgan fingerprint density at radius 1 is 1.53 bits per heavy atom. The lowest BCUT2D eigenvalue weighted by molar-refractivity contribution is 0.0993. The number of rotatable bonds is 4. The first-order valence-corrected chi connectivity index (χ1v) is 5.94. The predicted octanol–water partition coefficient (Wildman–Crippen LogP) is 1.77. The molecule has 1 aromatic heterocycles. The molecule has 88 valence electrons. The molecule has 1 aliphatic carbocycles. The van der Waals surface area contributed by atoms with Gasteiger partial charge in [-0.3, -0.25) is 4.79 Å². The zero-order chi connectivity index (χ0) is 11.8. The van der Waals surface area contributed by atoms with E-state index < -0.39 is 0 Å². The highest BCUT2D eigenvalue weighted by Crippen LogP contribution is 2.37. The maximum atomic E-state index is 11.7. The number of benzene rings is 1. The molecular weight excluding hydrogens is 214 g/mol. The van der Waals surface area contributed by atoms with E-state index in [9.17, 15) is 4.79 Å². The maximum absolute atomic E-state index is 11.7. The largest absolute Gasteiger partial charge is 0.327 e. The average Bonchev–Trinajstić information content (AvgIpc) is 3.09. The van der Waals surface area contributed by atoms with Crippen molar-refractivity contribution in [3.05, 3.63) is 30.1 Å². The number of carbonyl (C=O) groups is 1. The first-order valence-electron chi connectivity index (χ1n) is 5.94. The van der Waals surface area contributed by atoms with Gasteiger partial charge in [-0.05, 0) is 38.1 Å². The summed E-state index contributed by atoms with van der Waals surface area (Å²) in [6, 6.07) is 6.40. The molecule has 0 unspecified atom stereocenters. The lowest BCUT2D eigenvalue weighted by Crippen LogP contribution is -2.18. The number of imidazole rings is 1. The minimum absolute atomic E-state index is 0.107. The number of likely N-dealkylation sites (N-methyl/N-ethyl adjacent to an activating group) is 1. The summed E-state index contributed by atoms with van der Waals surface area (Å²) in [6.07, 6.45) is 4.37. The van der Waals surface area contributed by atoms with E-state index in [1.54, 1.807) is 7.05 Å². The van der Waals surface area contributed by atoms with Crippen molar-refractivity contribution in [1.29, 1.82) is 0 Å². The highest BCUT2D eigenvalue weighted by molar-refractivity contribution is 6.00. The molecule has 1 fully saturated rings. The van der Waals surface area contributed by atoms with Crippen LogP contribution in [0.2, 0.25) is 0 Å². The third-order valence-electron chi connectivity index (χ3n) is 3.17. The van der Waals surface area contributed by atoms with Crippen LogP contribution in [0.1, 0.15) is 29.2 Å². The summed E-state index contributed by atoms with van der Waals surface area (Å²) in [6.45, 7) is 0.370. The molecule has 1 aliphatic rings. The maximum Gasteiger partial charge on any atom is 0.176 e. The van der Waals surface area contributed by atoms with Gasteiger partial charge in [0.05, 0.1) is 23.9 Å². The quantitative estimate of drug-likeness (QED) is 0.813. The van der Waals surface area contributed by atoms with Gasteiger partial charge in [0.2, 0.25) is 0 Å². The minimum Gasteiger partial charge on any atom is -0.327 e. The predicted molar refractivity (Wildman–Crippen MR) is 66.3 cm³/mol. The molecule has 0 spiro atoms. The fraction of sp³-hybridized carbons (Fsp3) is 0.385. The molecular formula is C13H15N3O. The monoisotopic (exact) mass is 229 g/mol. The normalized spacial score (nSPS) is 15.4. The smallest absolute Gasteiger partial charge is 0.176 e. The number of aromatic nitrogens is 2. The highest BCUT2D eigenvalue weighted by Gasteiger charge is 2.24. The van der Waals surface area contributed by atoms with Crippen LogP contribution in [-0.2, 0) is 0 Å². The van der Waals surface area contributed by atoms with Crippen molar-refractivity contribution in [3.8, 4) is 0 Å². The van der Waals surface area contributed by atoms with E-state index in [2.05, 4.69) is 14.9 Å². The lowest BCUT2D eigenvalue weighted by atomic mass is 10.1. The first-order chi connectivity index (χ1) is 8.29. The van der Waals surface area contributed by atoms with Gasteiger partial charge in [0.1, 0.15) is 0 Å². The second kappa shape index (κ2) is 3.96. The molecule has 0 bridgehead atoms. The zero-order valence-electron chi connectivity index (χ0n) is 9.81. The van der Waals surface area contributed by atoms with Crippen LogP contribution in [-0.4, -0.2) is 28.9 Å². The molecule has 17 heavy (non-hydrogen) atoms. The number of nitrogens with one attached hydrogen (secondary N) is 1. The summed E-state index contributed by atoms with van der Waals surface area (Å²) >= 11 is 0. The van der Waals surface area contributed by atoms with Crippen molar-refractivity contribution < 1.29 is 4.79 Å². The molecule has 2 aromatic rings. The van der Waals surface area contributed by atoms with Crippen molar-refractivity contribution in [3.63, 3.8) is 0 Å². The van der Waals surface area contributed by atoms with Crippen molar-refractivity contribution in [2.45, 2.75) is 18.9 Å². The fourth-order valence-electron chi connectivity index (χ4n) is 2.11. The van der Waals surface area contributed by atoms with Crippen LogP contribution >= 0.6 is 0 Å². The van der Waals surface area contributed by atoms with Gasteiger partial charge in [0, 0.05) is 11.6 Å². The molecule has 1 N–H and O–H groups in total. The van der Waals surface area contributed by atoms with E-state index in [1.807, 2.05) is 24.5 Å². The SMILES string of the molecule is CNCC(=O)c1ccc2c(c1)ncn2C1CC1. The molecule has 0 aliphatic heterocycles. The van der Waals surface area contributed by atoms with Crippen LogP contribution in [0.3, 0.4) is 0 Å². The van der Waals surface area contributed by atoms with E-state index in [4.69, 9.17) is 0 Å². The van der Waals surface area contributed by atoms with Crippen molar-refractivity contribution in [2.75, 3.05) is 13.6 Å². The third-order valence-corrected chi connectivity index (χ3v) is 3.17. The van der Waals surface area contributed by atoms with E-state index in [1.165, 1.54) is 12.8 Å². The van der Waals surface area contributed by atoms with E-state index in [-0.39, 0.29) is 5.78 Å². The number of nitrogens with zero attached hydrogens (tertiary/aromatic N) is 2. The standard InChI is InChI=1S/C13H15N3O/c1-14-7-13(17)9-2-5-12-11(6-9)15-8-16(12)10-3-4-10/h2,5-6,8,10,14H,3-4,7H2,1H3. The zero-order valence-corrected chi connectivity index (χ0v) is 9.81. The van der Waals surface area contributed by atoms with Crippen LogP contribution < -0.4 is 5.32 Å². The van der Waals surface area contributed by atoms with Gasteiger partial charge >= 0.3 is 0 Å². The molecule has 1 saturated carbocycles.